The highest BCUT2D eigenvalue weighted by Gasteiger charge is 2.24. The van der Waals surface area contributed by atoms with Crippen molar-refractivity contribution in [2.75, 3.05) is 13.1 Å². The van der Waals surface area contributed by atoms with E-state index in [0.29, 0.717) is 13.1 Å². The average molecular weight is 291 g/mol. The second kappa shape index (κ2) is 6.29. The van der Waals surface area contributed by atoms with Gasteiger partial charge >= 0.3 is 6.09 Å². The molecule has 1 aromatic rings. The summed E-state index contributed by atoms with van der Waals surface area (Å²) in [6, 6.07) is 6.48. The zero-order valence-electron chi connectivity index (χ0n) is 12.9. The first kappa shape index (κ1) is 15.5. The molecule has 1 aliphatic heterocycles. The molecule has 114 valence electrons. The van der Waals surface area contributed by atoms with Crippen molar-refractivity contribution in [1.82, 2.24) is 4.90 Å². The predicted octanol–water partition coefficient (Wildman–Crippen LogP) is 4.24. The number of carbonyl (C=O) groups excluding carboxylic acids is 1. The van der Waals surface area contributed by atoms with Crippen molar-refractivity contribution >= 4 is 12.2 Å². The van der Waals surface area contributed by atoms with Crippen LogP contribution in [0.5, 0.6) is 0 Å². The molecule has 0 aromatic heterocycles. The van der Waals surface area contributed by atoms with E-state index >= 15 is 0 Å². The maximum atomic E-state index is 13.2. The lowest BCUT2D eigenvalue weighted by Gasteiger charge is -2.31. The number of hydrogen-bond donors (Lipinski definition) is 0. The number of benzene rings is 1. The van der Waals surface area contributed by atoms with Crippen LogP contribution in [0.4, 0.5) is 9.18 Å². The molecule has 1 aromatic carbocycles. The topological polar surface area (TPSA) is 29.5 Å². The largest absolute Gasteiger partial charge is 0.444 e. The van der Waals surface area contributed by atoms with Gasteiger partial charge < -0.3 is 9.64 Å². The fourth-order valence-corrected chi connectivity index (χ4v) is 2.33. The molecule has 1 heterocycles. The van der Waals surface area contributed by atoms with Gasteiger partial charge in [-0.1, -0.05) is 23.8 Å². The molecule has 1 aliphatic rings. The SMILES string of the molecule is CC(C)(C)OC(=O)N1CCC/C(=C/c2cccc(F)c2)C1. The third-order valence-electron chi connectivity index (χ3n) is 3.19. The van der Waals surface area contributed by atoms with Gasteiger partial charge in [0.2, 0.25) is 0 Å². The number of amides is 1. The minimum absolute atomic E-state index is 0.246. The van der Waals surface area contributed by atoms with Crippen LogP contribution >= 0.6 is 0 Å². The van der Waals surface area contributed by atoms with Crippen LogP contribution in [0.1, 0.15) is 39.2 Å². The number of hydrogen-bond acceptors (Lipinski definition) is 2. The highest BCUT2D eigenvalue weighted by Crippen LogP contribution is 2.21. The van der Waals surface area contributed by atoms with Gasteiger partial charge in [-0.2, -0.15) is 0 Å². The van der Waals surface area contributed by atoms with Crippen LogP contribution in [0.15, 0.2) is 29.8 Å². The van der Waals surface area contributed by atoms with Crippen LogP contribution in [0, 0.1) is 5.82 Å². The summed E-state index contributed by atoms with van der Waals surface area (Å²) in [6.45, 7) is 6.83. The highest BCUT2D eigenvalue weighted by atomic mass is 19.1. The molecule has 0 radical (unpaired) electrons. The van der Waals surface area contributed by atoms with Crippen molar-refractivity contribution in [3.63, 3.8) is 0 Å². The summed E-state index contributed by atoms with van der Waals surface area (Å²) >= 11 is 0. The lowest BCUT2D eigenvalue weighted by atomic mass is 10.0. The fourth-order valence-electron chi connectivity index (χ4n) is 2.33. The molecular formula is C17H22FNO2. The Bertz CT molecular complexity index is 546. The molecule has 3 nitrogen and oxygen atoms in total. The first-order valence-electron chi connectivity index (χ1n) is 7.26. The molecule has 0 atom stereocenters. The summed E-state index contributed by atoms with van der Waals surface area (Å²) in [7, 11) is 0. The van der Waals surface area contributed by atoms with E-state index in [9.17, 15) is 9.18 Å². The normalized spacial score (nSPS) is 17.9. The molecule has 21 heavy (non-hydrogen) atoms. The van der Waals surface area contributed by atoms with E-state index in [1.54, 1.807) is 11.0 Å². The minimum Gasteiger partial charge on any atom is -0.444 e. The van der Waals surface area contributed by atoms with E-state index < -0.39 is 5.60 Å². The van der Waals surface area contributed by atoms with Crippen molar-refractivity contribution < 1.29 is 13.9 Å². The van der Waals surface area contributed by atoms with Gasteiger partial charge in [-0.25, -0.2) is 9.18 Å². The van der Waals surface area contributed by atoms with Gasteiger partial charge in [-0.05, 0) is 51.3 Å². The number of rotatable bonds is 1. The van der Waals surface area contributed by atoms with Crippen LogP contribution in [-0.4, -0.2) is 29.7 Å². The van der Waals surface area contributed by atoms with E-state index in [0.717, 1.165) is 24.0 Å². The van der Waals surface area contributed by atoms with Crippen molar-refractivity contribution in [2.24, 2.45) is 0 Å². The zero-order chi connectivity index (χ0) is 15.5. The Hall–Kier alpha value is -1.84. The van der Waals surface area contributed by atoms with E-state index in [1.165, 1.54) is 12.1 Å². The van der Waals surface area contributed by atoms with Crippen LogP contribution in [0.2, 0.25) is 0 Å². The van der Waals surface area contributed by atoms with Crippen LogP contribution in [-0.2, 0) is 4.74 Å². The second-order valence-corrected chi connectivity index (χ2v) is 6.36. The van der Waals surface area contributed by atoms with Crippen molar-refractivity contribution in [1.29, 1.82) is 0 Å². The van der Waals surface area contributed by atoms with E-state index in [4.69, 9.17) is 4.74 Å². The molecule has 0 N–H and O–H groups in total. The lowest BCUT2D eigenvalue weighted by molar-refractivity contribution is 0.0247. The number of carbonyl (C=O) groups is 1. The Morgan fingerprint density at radius 1 is 1.38 bits per heavy atom. The monoisotopic (exact) mass is 291 g/mol. The fraction of sp³-hybridized carbons (Fsp3) is 0.471. The molecule has 1 saturated heterocycles. The summed E-state index contributed by atoms with van der Waals surface area (Å²) in [5.41, 5.74) is 1.47. The first-order chi connectivity index (χ1) is 9.83. The summed E-state index contributed by atoms with van der Waals surface area (Å²) in [4.78, 5) is 13.8. The van der Waals surface area contributed by atoms with Crippen molar-refractivity contribution in [3.05, 3.63) is 41.2 Å². The van der Waals surface area contributed by atoms with Crippen LogP contribution in [0.25, 0.3) is 6.08 Å². The molecule has 1 amide bonds. The third kappa shape index (κ3) is 4.88. The smallest absolute Gasteiger partial charge is 0.410 e. The van der Waals surface area contributed by atoms with Crippen LogP contribution < -0.4 is 0 Å². The van der Waals surface area contributed by atoms with Gasteiger partial charge in [-0.3, -0.25) is 0 Å². The maximum Gasteiger partial charge on any atom is 0.410 e. The van der Waals surface area contributed by atoms with Gasteiger partial charge in [0, 0.05) is 13.1 Å². The zero-order valence-corrected chi connectivity index (χ0v) is 12.9. The predicted molar refractivity (Wildman–Crippen MR) is 81.4 cm³/mol. The quantitative estimate of drug-likeness (QED) is 0.774. The van der Waals surface area contributed by atoms with Gasteiger partial charge in [-0.15, -0.1) is 0 Å². The number of likely N-dealkylation sites (tertiary alicyclic amines) is 1. The molecule has 0 saturated carbocycles. The van der Waals surface area contributed by atoms with Crippen molar-refractivity contribution in [3.8, 4) is 0 Å². The standard InChI is InChI=1S/C17H22FNO2/c1-17(2,3)21-16(20)19-9-5-7-14(12-19)10-13-6-4-8-15(18)11-13/h4,6,8,10-11H,5,7,9,12H2,1-3H3/b14-10-. The molecule has 2 rings (SSSR count). The van der Waals surface area contributed by atoms with Crippen LogP contribution in [0.3, 0.4) is 0 Å². The number of piperidine rings is 1. The Morgan fingerprint density at radius 2 is 2.14 bits per heavy atom. The lowest BCUT2D eigenvalue weighted by Crippen LogP contribution is -2.40. The summed E-state index contributed by atoms with van der Waals surface area (Å²) in [5, 5.41) is 0. The maximum absolute atomic E-state index is 13.2. The summed E-state index contributed by atoms with van der Waals surface area (Å²) < 4.78 is 18.6. The van der Waals surface area contributed by atoms with Gasteiger partial charge in [0.15, 0.2) is 0 Å². The Labute approximate surface area is 125 Å². The van der Waals surface area contributed by atoms with E-state index in [-0.39, 0.29) is 11.9 Å². The Morgan fingerprint density at radius 3 is 2.81 bits per heavy atom. The molecule has 1 fully saturated rings. The molecule has 0 spiro atoms. The van der Waals surface area contributed by atoms with Gasteiger partial charge in [0.25, 0.3) is 0 Å². The molecule has 0 unspecified atom stereocenters. The molecule has 0 aliphatic carbocycles. The Kier molecular flexibility index (Phi) is 4.66. The van der Waals surface area contributed by atoms with Gasteiger partial charge in [0.1, 0.15) is 11.4 Å². The summed E-state index contributed by atoms with van der Waals surface area (Å²) in [5.74, 6) is -0.246. The number of ether oxygens (including phenoxy) is 1. The third-order valence-corrected chi connectivity index (χ3v) is 3.19. The average Bonchev–Trinajstić information content (AvgIpc) is 2.37. The summed E-state index contributed by atoms with van der Waals surface area (Å²) in [6.07, 6.45) is 3.50. The molecule has 0 bridgehead atoms. The minimum atomic E-state index is -0.485. The second-order valence-electron chi connectivity index (χ2n) is 6.36. The molecular weight excluding hydrogens is 269 g/mol. The Balaban J connectivity index is 2.05. The van der Waals surface area contributed by atoms with E-state index in [1.807, 2.05) is 32.9 Å². The first-order valence-corrected chi connectivity index (χ1v) is 7.26. The van der Waals surface area contributed by atoms with Gasteiger partial charge in [0.05, 0.1) is 0 Å². The molecule has 4 heteroatoms. The number of halogens is 1. The highest BCUT2D eigenvalue weighted by molar-refractivity contribution is 5.69. The van der Waals surface area contributed by atoms with E-state index in [2.05, 4.69) is 0 Å². The number of nitrogens with zero attached hydrogens (tertiary/aromatic N) is 1. The van der Waals surface area contributed by atoms with Crippen molar-refractivity contribution in [2.45, 2.75) is 39.2 Å².